The van der Waals surface area contributed by atoms with Crippen molar-refractivity contribution in [1.82, 2.24) is 4.98 Å². The van der Waals surface area contributed by atoms with E-state index >= 15 is 35.1 Å². The van der Waals surface area contributed by atoms with E-state index in [9.17, 15) is 56.9 Å². The molecule has 6 aromatic rings. The second-order valence-corrected chi connectivity index (χ2v) is 13.7. The third-order valence-corrected chi connectivity index (χ3v) is 9.95. The van der Waals surface area contributed by atoms with Crippen LogP contribution in [0.3, 0.4) is 0 Å². The molecule has 0 aliphatic carbocycles. The lowest BCUT2D eigenvalue weighted by atomic mass is 9.12. The van der Waals surface area contributed by atoms with E-state index in [-0.39, 0.29) is 0 Å². The van der Waals surface area contributed by atoms with Crippen molar-refractivity contribution >= 4 is 38.8 Å². The fourth-order valence-electron chi connectivity index (χ4n) is 6.32. The van der Waals surface area contributed by atoms with Gasteiger partial charge in [-0.2, -0.15) is 4.57 Å². The van der Waals surface area contributed by atoms with Crippen LogP contribution < -0.4 is 26.4 Å². The van der Waals surface area contributed by atoms with Crippen molar-refractivity contribution in [1.29, 1.82) is 0 Å². The zero-order valence-corrected chi connectivity index (χ0v) is 30.0. The summed E-state index contributed by atoms with van der Waals surface area (Å²) in [6.07, 6.45) is 1.83. The van der Waals surface area contributed by atoms with Crippen LogP contribution in [-0.4, -0.2) is 21.6 Å². The van der Waals surface area contributed by atoms with Gasteiger partial charge in [0.2, 0.25) is 0 Å². The van der Waals surface area contributed by atoms with Crippen LogP contribution in [0.5, 0.6) is 0 Å². The number of hydrogen-bond acceptors (Lipinski definition) is 2. The maximum Gasteiger partial charge on any atom is 0.200 e. The van der Waals surface area contributed by atoms with Crippen molar-refractivity contribution in [3.8, 4) is 0 Å². The van der Waals surface area contributed by atoms with Crippen molar-refractivity contribution in [2.75, 3.05) is 6.26 Å². The molecule has 5 aromatic carbocycles. The fraction of sp³-hybridized carbons (Fsp3) is 0.0556. The van der Waals surface area contributed by atoms with Crippen LogP contribution in [0.4, 0.5) is 87.8 Å². The van der Waals surface area contributed by atoms with E-state index in [4.69, 9.17) is 0 Å². The first-order valence-corrected chi connectivity index (χ1v) is 17.5. The Morgan fingerprint density at radius 2 is 0.639 bits per heavy atom. The highest BCUT2D eigenvalue weighted by molar-refractivity contribution is 7.84. The van der Waals surface area contributed by atoms with E-state index in [2.05, 4.69) is 4.98 Å². The summed E-state index contributed by atoms with van der Waals surface area (Å²) in [5, 5.41) is 0. The van der Waals surface area contributed by atoms with Gasteiger partial charge >= 0.3 is 0 Å². The highest BCUT2D eigenvalue weighted by atomic mass is 32.2. The molecule has 1 aromatic heterocycles. The first-order chi connectivity index (χ1) is 28.5. The minimum atomic E-state index is -7.22. The van der Waals surface area contributed by atoms with Crippen LogP contribution in [-0.2, 0) is 17.3 Å². The summed E-state index contributed by atoms with van der Waals surface area (Å²) < 4.78 is 307. The van der Waals surface area contributed by atoms with E-state index in [0.717, 1.165) is 11.4 Å². The Morgan fingerprint density at radius 1 is 0.410 bits per heavy atom. The number of hydrogen-bond donors (Lipinski definition) is 0. The molecular formula is C36H13BF20N2OS. The van der Waals surface area contributed by atoms with E-state index in [0.29, 0.717) is 0 Å². The average Bonchev–Trinajstić information content (AvgIpc) is 3.24. The largest absolute Gasteiger partial charge is 0.255 e. The molecule has 0 aliphatic heterocycles. The molecule has 0 bridgehead atoms. The molecule has 0 fully saturated rings. The Morgan fingerprint density at radius 3 is 0.869 bits per heavy atom. The minimum absolute atomic E-state index is 0.805. The van der Waals surface area contributed by atoms with Gasteiger partial charge in [0.1, 0.15) is 52.7 Å². The highest BCUT2D eigenvalue weighted by Gasteiger charge is 2.52. The van der Waals surface area contributed by atoms with Crippen LogP contribution in [0, 0.1) is 116 Å². The van der Waals surface area contributed by atoms with Crippen LogP contribution in [0.15, 0.2) is 53.9 Å². The molecule has 0 saturated carbocycles. The molecular weight excluding hydrogens is 899 g/mol. The van der Waals surface area contributed by atoms with Gasteiger partial charge in [-0.15, -0.1) is 21.9 Å². The summed E-state index contributed by atoms with van der Waals surface area (Å²) in [6, 6.07) is 7.83. The number of halogens is 20. The molecule has 6 rings (SSSR count). The van der Waals surface area contributed by atoms with Gasteiger partial charge < -0.3 is 0 Å². The summed E-state index contributed by atoms with van der Waals surface area (Å²) in [6.45, 7) is 0.805. The van der Waals surface area contributed by atoms with Gasteiger partial charge in [-0.3, -0.25) is 9.19 Å². The van der Waals surface area contributed by atoms with Crippen molar-refractivity contribution in [2.24, 2.45) is 0 Å². The molecule has 25 heteroatoms. The van der Waals surface area contributed by atoms with Gasteiger partial charge in [-0.1, -0.05) is 12.1 Å². The van der Waals surface area contributed by atoms with Crippen molar-refractivity contribution in [3.63, 3.8) is 0 Å². The second kappa shape index (κ2) is 17.2. The smallest absolute Gasteiger partial charge is 0.200 e. The molecule has 0 saturated heterocycles. The maximum absolute atomic E-state index is 15.4. The topological polar surface area (TPSA) is 33.8 Å². The predicted molar refractivity (Wildman–Crippen MR) is 172 cm³/mol. The summed E-state index contributed by atoms with van der Waals surface area (Å²) in [7, 11) is -0.900. The van der Waals surface area contributed by atoms with E-state index in [1.165, 1.54) is 5.56 Å². The lowest BCUT2D eigenvalue weighted by Gasteiger charge is -2.44. The number of aromatic nitrogens is 2. The molecule has 322 valence electrons. The standard InChI is InChI=1S/C24BF20.C12H13N2OS/c26-5-1(6(27)14(35)21(42)13(5)34)25(2-7(28)15(36)22(43)16(37)8(2)29,3-9(30)17(38)23(44)18(39)10(3)31)4-11(32)19(40)24(45)20(41)12(4)33;1-16(15)12-4-2-11(3-5-12)10-14-8-6-13-7-9-14/h;2-9H,10H2,1H3/q-1;+1. The minimum Gasteiger partial charge on any atom is -0.255 e. The summed E-state index contributed by atoms with van der Waals surface area (Å²) in [5.74, 6) is -71.4. The first-order valence-electron chi connectivity index (χ1n) is 15.9. The molecule has 0 aliphatic rings. The van der Waals surface area contributed by atoms with Gasteiger partial charge in [0, 0.05) is 27.5 Å². The van der Waals surface area contributed by atoms with E-state index in [1.54, 1.807) is 18.6 Å². The molecule has 1 unspecified atom stereocenters. The molecule has 0 spiro atoms. The SMILES string of the molecule is CS(=O)c1ccc(C[n+]2ccncc2)cc1.Fc1c(F)c(F)c([B-](c2c(F)c(F)c(F)c(F)c2F)(c2c(F)c(F)c(F)c(F)c2F)c2c(F)c(F)c(F)c(F)c2F)c(F)c1F. The molecule has 1 heterocycles. The molecule has 3 nitrogen and oxygen atoms in total. The number of rotatable bonds is 7. The summed E-state index contributed by atoms with van der Waals surface area (Å²) in [5.41, 5.74) is -13.1. The average molecular weight is 912 g/mol. The quantitative estimate of drug-likeness (QED) is 0.0569. The highest BCUT2D eigenvalue weighted by Crippen LogP contribution is 2.30. The third-order valence-electron chi connectivity index (χ3n) is 9.02. The maximum atomic E-state index is 15.4. The van der Waals surface area contributed by atoms with E-state index < -0.39 is 155 Å². The van der Waals surface area contributed by atoms with Crippen LogP contribution in [0.2, 0.25) is 0 Å². The van der Waals surface area contributed by atoms with Gasteiger partial charge in [0.25, 0.3) is 0 Å². The Labute approximate surface area is 328 Å². The molecule has 0 radical (unpaired) electrons. The summed E-state index contributed by atoms with van der Waals surface area (Å²) in [4.78, 5) is 4.83. The van der Waals surface area contributed by atoms with E-state index in [1.807, 2.05) is 41.2 Å². The number of nitrogens with zero attached hydrogens (tertiary/aromatic N) is 2. The van der Waals surface area contributed by atoms with Gasteiger partial charge in [0.05, 0.1) is 12.4 Å². The summed E-state index contributed by atoms with van der Waals surface area (Å²) >= 11 is 0. The van der Waals surface area contributed by atoms with Crippen molar-refractivity contribution in [3.05, 3.63) is 171 Å². The fourth-order valence-corrected chi connectivity index (χ4v) is 6.84. The Bertz CT molecular complexity index is 2380. The lowest BCUT2D eigenvalue weighted by molar-refractivity contribution is -0.688. The normalized spacial score (nSPS) is 12.1. The predicted octanol–water partition coefficient (Wildman–Crippen LogP) is 7.00. The van der Waals surface area contributed by atoms with Gasteiger partial charge in [-0.05, 0) is 12.1 Å². The molecule has 0 amide bonds. The molecule has 0 N–H and O–H groups in total. The van der Waals surface area contributed by atoms with Gasteiger partial charge in [-0.25, -0.2) is 87.8 Å². The second-order valence-electron chi connectivity index (χ2n) is 12.3. The Kier molecular flexibility index (Phi) is 13.0. The zero-order valence-electron chi connectivity index (χ0n) is 29.2. The van der Waals surface area contributed by atoms with Crippen LogP contribution >= 0.6 is 0 Å². The van der Waals surface area contributed by atoms with Crippen molar-refractivity contribution in [2.45, 2.75) is 11.4 Å². The van der Waals surface area contributed by atoms with Crippen LogP contribution in [0.1, 0.15) is 5.56 Å². The van der Waals surface area contributed by atoms with Crippen molar-refractivity contribution < 1.29 is 96.6 Å². The monoisotopic (exact) mass is 912 g/mol. The zero-order chi connectivity index (χ0) is 45.7. The molecule has 61 heavy (non-hydrogen) atoms. The van der Waals surface area contributed by atoms with Gasteiger partial charge in [0.15, 0.2) is 88.7 Å². The molecule has 1 atom stereocenters. The van der Waals surface area contributed by atoms with Crippen LogP contribution in [0.25, 0.3) is 0 Å². The third kappa shape index (κ3) is 7.45. The first kappa shape index (κ1) is 46.1. The number of benzene rings is 5. The lowest BCUT2D eigenvalue weighted by Crippen LogP contribution is -2.81. The Hall–Kier alpha value is -6.01. The Balaban J connectivity index is 0.000000366.